The molecule has 2 rings (SSSR count). The van der Waals surface area contributed by atoms with Gasteiger partial charge in [0.25, 0.3) is 5.91 Å². The first-order chi connectivity index (χ1) is 7.81. The summed E-state index contributed by atoms with van der Waals surface area (Å²) in [6.45, 7) is 0. The predicted octanol–water partition coefficient (Wildman–Crippen LogP) is 1.57. The van der Waals surface area contributed by atoms with Gasteiger partial charge in [0.2, 0.25) is 0 Å². The molecule has 0 radical (unpaired) electrons. The number of pyridine rings is 1. The highest BCUT2D eigenvalue weighted by molar-refractivity contribution is 5.98. The Morgan fingerprint density at radius 3 is 2.88 bits per heavy atom. The van der Waals surface area contributed by atoms with Gasteiger partial charge in [0.15, 0.2) is 0 Å². The topological polar surface area (TPSA) is 54.0 Å². The van der Waals surface area contributed by atoms with Gasteiger partial charge in [-0.1, -0.05) is 12.2 Å². The normalized spacial score (nSPS) is 15.1. The van der Waals surface area contributed by atoms with Crippen LogP contribution in [0.2, 0.25) is 0 Å². The van der Waals surface area contributed by atoms with Crippen LogP contribution in [-0.4, -0.2) is 24.0 Å². The zero-order valence-electron chi connectivity index (χ0n) is 9.23. The maximum absolute atomic E-state index is 11.6. The lowest BCUT2D eigenvalue weighted by molar-refractivity contribution is 0.0963. The van der Waals surface area contributed by atoms with Crippen LogP contribution >= 0.6 is 0 Å². The lowest BCUT2D eigenvalue weighted by atomic mass is 10.2. The largest absolute Gasteiger partial charge is 0.366 e. The second-order valence-corrected chi connectivity index (χ2v) is 3.76. The zero-order chi connectivity index (χ0) is 11.4. The molecule has 1 aromatic heterocycles. The smallest absolute Gasteiger partial charge is 0.254 e. The van der Waals surface area contributed by atoms with E-state index in [1.54, 1.807) is 25.4 Å². The Morgan fingerprint density at radius 2 is 2.19 bits per heavy atom. The van der Waals surface area contributed by atoms with E-state index in [0.29, 0.717) is 17.4 Å². The van der Waals surface area contributed by atoms with E-state index in [0.717, 1.165) is 12.8 Å². The van der Waals surface area contributed by atoms with Crippen LogP contribution in [0.1, 0.15) is 23.2 Å². The molecular formula is C12H15N3O. The Kier molecular flexibility index (Phi) is 3.19. The third-order valence-electron chi connectivity index (χ3n) is 2.63. The maximum atomic E-state index is 11.6. The first-order valence-electron chi connectivity index (χ1n) is 5.40. The fourth-order valence-corrected chi connectivity index (χ4v) is 1.77. The molecule has 2 N–H and O–H groups in total. The van der Waals surface area contributed by atoms with E-state index in [-0.39, 0.29) is 5.91 Å². The third kappa shape index (κ3) is 2.21. The fourth-order valence-electron chi connectivity index (χ4n) is 1.77. The van der Waals surface area contributed by atoms with Crippen LogP contribution in [0.15, 0.2) is 30.5 Å². The molecular weight excluding hydrogens is 202 g/mol. The highest BCUT2D eigenvalue weighted by Gasteiger charge is 2.15. The number of amides is 1. The Labute approximate surface area is 94.8 Å². The summed E-state index contributed by atoms with van der Waals surface area (Å²) in [6.07, 6.45) is 7.95. The molecule has 1 amide bonds. The van der Waals surface area contributed by atoms with E-state index >= 15 is 0 Å². The first kappa shape index (κ1) is 10.7. The average Bonchev–Trinajstić information content (AvgIpc) is 2.82. The summed E-state index contributed by atoms with van der Waals surface area (Å²) in [6, 6.07) is 3.90. The Balaban J connectivity index is 2.16. The zero-order valence-corrected chi connectivity index (χ0v) is 9.23. The van der Waals surface area contributed by atoms with Crippen molar-refractivity contribution in [3.05, 3.63) is 36.0 Å². The Bertz CT molecular complexity index is 406. The molecule has 0 aromatic carbocycles. The van der Waals surface area contributed by atoms with Gasteiger partial charge in [-0.15, -0.1) is 0 Å². The van der Waals surface area contributed by atoms with Crippen molar-refractivity contribution in [3.8, 4) is 0 Å². The summed E-state index contributed by atoms with van der Waals surface area (Å²) < 4.78 is 0. The number of anilines is 1. The Morgan fingerprint density at radius 1 is 1.44 bits per heavy atom. The van der Waals surface area contributed by atoms with E-state index in [1.165, 1.54) is 0 Å². The number of nitrogens with one attached hydrogen (secondary N) is 2. The molecule has 84 valence electrons. The van der Waals surface area contributed by atoms with Gasteiger partial charge in [0.1, 0.15) is 5.82 Å². The van der Waals surface area contributed by atoms with Crippen molar-refractivity contribution in [3.63, 3.8) is 0 Å². The number of carbonyl (C=O) groups excluding carboxylic acids is 1. The van der Waals surface area contributed by atoms with Crippen molar-refractivity contribution in [1.29, 1.82) is 0 Å². The van der Waals surface area contributed by atoms with Gasteiger partial charge >= 0.3 is 0 Å². The van der Waals surface area contributed by atoms with Crippen molar-refractivity contribution in [2.24, 2.45) is 0 Å². The predicted molar refractivity (Wildman–Crippen MR) is 63.4 cm³/mol. The lowest BCUT2D eigenvalue weighted by Gasteiger charge is -2.15. The van der Waals surface area contributed by atoms with Gasteiger partial charge < -0.3 is 10.6 Å². The van der Waals surface area contributed by atoms with Crippen LogP contribution in [0.25, 0.3) is 0 Å². The second kappa shape index (κ2) is 4.79. The number of carbonyl (C=O) groups is 1. The van der Waals surface area contributed by atoms with Crippen LogP contribution in [0.4, 0.5) is 5.82 Å². The van der Waals surface area contributed by atoms with Crippen LogP contribution < -0.4 is 10.6 Å². The van der Waals surface area contributed by atoms with Crippen molar-refractivity contribution in [2.75, 3.05) is 12.4 Å². The van der Waals surface area contributed by atoms with Gasteiger partial charge in [-0.3, -0.25) is 4.79 Å². The molecule has 0 unspecified atom stereocenters. The number of aromatic nitrogens is 1. The van der Waals surface area contributed by atoms with Gasteiger partial charge in [0.05, 0.1) is 5.56 Å². The summed E-state index contributed by atoms with van der Waals surface area (Å²) in [5.41, 5.74) is 0.594. The highest BCUT2D eigenvalue weighted by atomic mass is 16.1. The minimum Gasteiger partial charge on any atom is -0.366 e. The molecule has 1 aliphatic carbocycles. The summed E-state index contributed by atoms with van der Waals surface area (Å²) in [5, 5.41) is 5.90. The molecule has 1 aromatic rings. The number of hydrogen-bond donors (Lipinski definition) is 2. The van der Waals surface area contributed by atoms with Crippen LogP contribution in [-0.2, 0) is 0 Å². The molecule has 0 atom stereocenters. The van der Waals surface area contributed by atoms with Crippen molar-refractivity contribution in [2.45, 2.75) is 18.9 Å². The van der Waals surface area contributed by atoms with Gasteiger partial charge in [0, 0.05) is 19.3 Å². The second-order valence-electron chi connectivity index (χ2n) is 3.76. The molecule has 0 fully saturated rings. The molecule has 0 saturated heterocycles. The third-order valence-corrected chi connectivity index (χ3v) is 2.63. The molecule has 0 saturated carbocycles. The summed E-state index contributed by atoms with van der Waals surface area (Å²) in [7, 11) is 1.62. The minimum atomic E-state index is -0.110. The van der Waals surface area contributed by atoms with Crippen molar-refractivity contribution in [1.82, 2.24) is 10.3 Å². The Hall–Kier alpha value is -1.84. The van der Waals surface area contributed by atoms with Crippen LogP contribution in [0, 0.1) is 0 Å². The van der Waals surface area contributed by atoms with Crippen molar-refractivity contribution >= 4 is 11.7 Å². The summed E-state index contributed by atoms with van der Waals surface area (Å²) in [4.78, 5) is 15.8. The average molecular weight is 217 g/mol. The standard InChI is InChI=1S/C12H15N3O/c1-13-12(16)10-7-4-8-14-11(10)15-9-5-2-3-6-9/h2-4,7-9H,5-6H2,1H3,(H,13,16)(H,14,15). The van der Waals surface area contributed by atoms with E-state index in [9.17, 15) is 4.79 Å². The lowest BCUT2D eigenvalue weighted by Crippen LogP contribution is -2.23. The number of hydrogen-bond acceptors (Lipinski definition) is 3. The monoisotopic (exact) mass is 217 g/mol. The highest BCUT2D eigenvalue weighted by Crippen LogP contribution is 2.18. The minimum absolute atomic E-state index is 0.110. The van der Waals surface area contributed by atoms with E-state index in [4.69, 9.17) is 0 Å². The van der Waals surface area contributed by atoms with Gasteiger partial charge in [-0.05, 0) is 25.0 Å². The fraction of sp³-hybridized carbons (Fsp3) is 0.333. The van der Waals surface area contributed by atoms with E-state index in [1.807, 2.05) is 0 Å². The van der Waals surface area contributed by atoms with Crippen molar-refractivity contribution < 1.29 is 4.79 Å². The van der Waals surface area contributed by atoms with Gasteiger partial charge in [-0.2, -0.15) is 0 Å². The van der Waals surface area contributed by atoms with Crippen LogP contribution in [0.5, 0.6) is 0 Å². The summed E-state index contributed by atoms with van der Waals surface area (Å²) in [5.74, 6) is 0.553. The van der Waals surface area contributed by atoms with Crippen LogP contribution in [0.3, 0.4) is 0 Å². The van der Waals surface area contributed by atoms with E-state index in [2.05, 4.69) is 27.8 Å². The molecule has 1 aliphatic rings. The summed E-state index contributed by atoms with van der Waals surface area (Å²) >= 11 is 0. The molecule has 0 spiro atoms. The number of nitrogens with zero attached hydrogens (tertiary/aromatic N) is 1. The first-order valence-corrected chi connectivity index (χ1v) is 5.40. The molecule has 16 heavy (non-hydrogen) atoms. The van der Waals surface area contributed by atoms with E-state index < -0.39 is 0 Å². The molecule has 1 heterocycles. The number of rotatable bonds is 3. The molecule has 4 nitrogen and oxygen atoms in total. The SMILES string of the molecule is CNC(=O)c1cccnc1NC1CC=CC1. The van der Waals surface area contributed by atoms with Gasteiger partial charge in [-0.25, -0.2) is 4.98 Å². The quantitative estimate of drug-likeness (QED) is 0.756. The maximum Gasteiger partial charge on any atom is 0.254 e. The molecule has 0 bridgehead atoms. The molecule has 0 aliphatic heterocycles. The molecule has 4 heteroatoms.